The Hall–Kier alpha value is -1.06. The third-order valence-corrected chi connectivity index (χ3v) is 3.30. The third-order valence-electron chi connectivity index (χ3n) is 2.64. The molecule has 1 fully saturated rings. The van der Waals surface area contributed by atoms with Crippen LogP contribution in [0.15, 0.2) is 40.9 Å². The second-order valence-corrected chi connectivity index (χ2v) is 4.71. The van der Waals surface area contributed by atoms with Gasteiger partial charge in [0.2, 0.25) is 0 Å². The first kappa shape index (κ1) is 10.1. The van der Waals surface area contributed by atoms with Crippen LogP contribution in [0.5, 0.6) is 5.75 Å². The van der Waals surface area contributed by atoms with E-state index >= 15 is 0 Å². The zero-order valence-electron chi connectivity index (χ0n) is 8.65. The molecule has 0 bridgehead atoms. The lowest BCUT2D eigenvalue weighted by molar-refractivity contribution is 0.265. The quantitative estimate of drug-likeness (QED) is 0.803. The molecule has 0 amide bonds. The largest absolute Gasteiger partial charge is 0.490 e. The first-order valence-corrected chi connectivity index (χ1v) is 6.05. The first-order valence-electron chi connectivity index (χ1n) is 5.26. The molecular weight excluding hydrogens is 268 g/mol. The van der Waals surface area contributed by atoms with Crippen molar-refractivity contribution in [2.24, 2.45) is 0 Å². The van der Waals surface area contributed by atoms with Crippen LogP contribution in [-0.2, 0) is 4.74 Å². The van der Waals surface area contributed by atoms with Gasteiger partial charge in [-0.05, 0) is 17.5 Å². The molecule has 0 aliphatic carbocycles. The molecular formula is C13H11BrO2. The topological polar surface area (TPSA) is 21.8 Å². The molecule has 1 unspecified atom stereocenters. The Morgan fingerprint density at radius 3 is 2.75 bits per heavy atom. The fourth-order valence-electron chi connectivity index (χ4n) is 1.73. The van der Waals surface area contributed by atoms with Gasteiger partial charge in [0, 0.05) is 9.86 Å². The van der Waals surface area contributed by atoms with Crippen molar-refractivity contribution in [2.75, 3.05) is 13.2 Å². The number of benzene rings is 2. The van der Waals surface area contributed by atoms with Gasteiger partial charge in [0.05, 0.1) is 6.61 Å². The van der Waals surface area contributed by atoms with E-state index in [1.165, 1.54) is 5.39 Å². The summed E-state index contributed by atoms with van der Waals surface area (Å²) < 4.78 is 12.0. The second-order valence-electron chi connectivity index (χ2n) is 3.86. The maximum atomic E-state index is 5.77. The number of halogens is 1. The van der Waals surface area contributed by atoms with E-state index in [-0.39, 0.29) is 6.10 Å². The molecule has 0 spiro atoms. The lowest BCUT2D eigenvalue weighted by Crippen LogP contribution is -2.04. The molecule has 2 aromatic carbocycles. The van der Waals surface area contributed by atoms with E-state index in [0.717, 1.165) is 22.2 Å². The van der Waals surface area contributed by atoms with E-state index in [4.69, 9.17) is 9.47 Å². The predicted octanol–water partition coefficient (Wildman–Crippen LogP) is 3.38. The molecule has 1 heterocycles. The average Bonchev–Trinajstić information content (AvgIpc) is 3.10. The minimum Gasteiger partial charge on any atom is -0.490 e. The van der Waals surface area contributed by atoms with Crippen molar-refractivity contribution in [1.82, 2.24) is 0 Å². The standard InChI is InChI=1S/C13H11BrO2/c14-11-5-1-3-9-4-2-6-12(13(9)11)16-8-10-7-15-10/h1-6,10H,7-8H2. The van der Waals surface area contributed by atoms with Gasteiger partial charge in [-0.25, -0.2) is 0 Å². The van der Waals surface area contributed by atoms with Crippen LogP contribution in [-0.4, -0.2) is 19.3 Å². The Labute approximate surface area is 102 Å². The number of rotatable bonds is 3. The summed E-state index contributed by atoms with van der Waals surface area (Å²) in [4.78, 5) is 0. The van der Waals surface area contributed by atoms with Crippen molar-refractivity contribution in [2.45, 2.75) is 6.10 Å². The monoisotopic (exact) mass is 278 g/mol. The van der Waals surface area contributed by atoms with Crippen LogP contribution in [0.25, 0.3) is 10.8 Å². The van der Waals surface area contributed by atoms with Crippen LogP contribution in [0.1, 0.15) is 0 Å². The molecule has 16 heavy (non-hydrogen) atoms. The normalized spacial score (nSPS) is 18.7. The SMILES string of the molecule is Brc1cccc2cccc(OCC3CO3)c12. The van der Waals surface area contributed by atoms with Crippen LogP contribution < -0.4 is 4.74 Å². The van der Waals surface area contributed by atoms with Gasteiger partial charge in [0.25, 0.3) is 0 Å². The minimum absolute atomic E-state index is 0.290. The maximum Gasteiger partial charge on any atom is 0.128 e. The summed E-state index contributed by atoms with van der Waals surface area (Å²) in [6.07, 6.45) is 0.290. The maximum absolute atomic E-state index is 5.77. The van der Waals surface area contributed by atoms with Gasteiger partial charge in [-0.2, -0.15) is 0 Å². The Morgan fingerprint density at radius 2 is 2.00 bits per heavy atom. The van der Waals surface area contributed by atoms with Gasteiger partial charge in [-0.15, -0.1) is 0 Å². The number of fused-ring (bicyclic) bond motifs is 1. The van der Waals surface area contributed by atoms with Crippen molar-refractivity contribution in [3.8, 4) is 5.75 Å². The molecule has 82 valence electrons. The van der Waals surface area contributed by atoms with E-state index in [1.54, 1.807) is 0 Å². The van der Waals surface area contributed by atoms with Crippen molar-refractivity contribution in [3.63, 3.8) is 0 Å². The van der Waals surface area contributed by atoms with Crippen molar-refractivity contribution >= 4 is 26.7 Å². The summed E-state index contributed by atoms with van der Waals surface area (Å²) in [6, 6.07) is 12.2. The predicted molar refractivity (Wildman–Crippen MR) is 66.9 cm³/mol. The fraction of sp³-hybridized carbons (Fsp3) is 0.231. The molecule has 0 saturated carbocycles. The molecule has 0 N–H and O–H groups in total. The Bertz CT molecular complexity index is 515. The van der Waals surface area contributed by atoms with E-state index in [0.29, 0.717) is 6.61 Å². The molecule has 3 heteroatoms. The molecule has 1 saturated heterocycles. The second kappa shape index (κ2) is 4.07. The van der Waals surface area contributed by atoms with Crippen LogP contribution >= 0.6 is 15.9 Å². The average molecular weight is 279 g/mol. The van der Waals surface area contributed by atoms with Gasteiger partial charge in [0.1, 0.15) is 18.5 Å². The summed E-state index contributed by atoms with van der Waals surface area (Å²) >= 11 is 3.56. The van der Waals surface area contributed by atoms with Crippen LogP contribution in [0.2, 0.25) is 0 Å². The highest BCUT2D eigenvalue weighted by Gasteiger charge is 2.23. The lowest BCUT2D eigenvalue weighted by Gasteiger charge is -2.09. The van der Waals surface area contributed by atoms with Gasteiger partial charge < -0.3 is 9.47 Å². The van der Waals surface area contributed by atoms with E-state index in [1.807, 2.05) is 24.3 Å². The van der Waals surface area contributed by atoms with E-state index < -0.39 is 0 Å². The molecule has 1 aliphatic rings. The first-order chi connectivity index (χ1) is 7.84. The highest BCUT2D eigenvalue weighted by molar-refractivity contribution is 9.10. The zero-order valence-corrected chi connectivity index (χ0v) is 10.2. The van der Waals surface area contributed by atoms with Gasteiger partial charge in [-0.1, -0.05) is 40.2 Å². The fourth-order valence-corrected chi connectivity index (χ4v) is 2.31. The molecule has 0 radical (unpaired) electrons. The van der Waals surface area contributed by atoms with Gasteiger partial charge >= 0.3 is 0 Å². The minimum atomic E-state index is 0.290. The van der Waals surface area contributed by atoms with Gasteiger partial charge in [-0.3, -0.25) is 0 Å². The van der Waals surface area contributed by atoms with Crippen molar-refractivity contribution in [1.29, 1.82) is 0 Å². The van der Waals surface area contributed by atoms with E-state index in [9.17, 15) is 0 Å². The number of epoxide rings is 1. The summed E-state index contributed by atoms with van der Waals surface area (Å²) in [5.41, 5.74) is 0. The number of hydrogen-bond donors (Lipinski definition) is 0. The highest BCUT2D eigenvalue weighted by Crippen LogP contribution is 2.32. The lowest BCUT2D eigenvalue weighted by atomic mass is 10.1. The van der Waals surface area contributed by atoms with Crippen LogP contribution in [0.3, 0.4) is 0 Å². The van der Waals surface area contributed by atoms with Crippen molar-refractivity contribution < 1.29 is 9.47 Å². The Balaban J connectivity index is 2.01. The summed E-state index contributed by atoms with van der Waals surface area (Å²) in [6.45, 7) is 1.46. The molecule has 2 nitrogen and oxygen atoms in total. The Morgan fingerprint density at radius 1 is 1.25 bits per heavy atom. The van der Waals surface area contributed by atoms with Gasteiger partial charge in [0.15, 0.2) is 0 Å². The zero-order chi connectivity index (χ0) is 11.0. The highest BCUT2D eigenvalue weighted by atomic mass is 79.9. The Kier molecular flexibility index (Phi) is 2.58. The molecule has 0 aromatic heterocycles. The number of hydrogen-bond acceptors (Lipinski definition) is 2. The summed E-state index contributed by atoms with van der Waals surface area (Å²) in [5, 5.41) is 2.31. The summed E-state index contributed by atoms with van der Waals surface area (Å²) in [5.74, 6) is 0.917. The molecule has 1 aliphatic heterocycles. The smallest absolute Gasteiger partial charge is 0.128 e. The number of ether oxygens (including phenoxy) is 2. The molecule has 3 rings (SSSR count). The van der Waals surface area contributed by atoms with Crippen LogP contribution in [0.4, 0.5) is 0 Å². The van der Waals surface area contributed by atoms with Crippen LogP contribution in [0, 0.1) is 0 Å². The third kappa shape index (κ3) is 1.93. The van der Waals surface area contributed by atoms with Crippen molar-refractivity contribution in [3.05, 3.63) is 40.9 Å². The molecule has 1 atom stereocenters. The summed E-state index contributed by atoms with van der Waals surface area (Å²) in [7, 11) is 0. The molecule has 2 aromatic rings. The van der Waals surface area contributed by atoms with E-state index in [2.05, 4.69) is 28.1 Å².